The molecule has 0 radical (unpaired) electrons. The second-order valence-electron chi connectivity index (χ2n) is 4.78. The summed E-state index contributed by atoms with van der Waals surface area (Å²) in [6.07, 6.45) is 0.513. The molecule has 0 heterocycles. The van der Waals surface area contributed by atoms with Gasteiger partial charge in [-0.15, -0.1) is 0 Å². The van der Waals surface area contributed by atoms with Gasteiger partial charge in [0.05, 0.1) is 13.0 Å². The molecule has 0 bridgehead atoms. The number of hydrogen-bond acceptors (Lipinski definition) is 2. The summed E-state index contributed by atoms with van der Waals surface area (Å²) in [5.41, 5.74) is 2.12. The summed E-state index contributed by atoms with van der Waals surface area (Å²) in [5, 5.41) is 9.03. The van der Waals surface area contributed by atoms with Crippen LogP contribution in [0, 0.1) is 5.92 Å². The minimum absolute atomic E-state index is 0.295. The van der Waals surface area contributed by atoms with E-state index in [1.54, 1.807) is 14.0 Å². The Bertz CT molecular complexity index is 441. The van der Waals surface area contributed by atoms with E-state index in [0.717, 1.165) is 21.3 Å². The fourth-order valence-electron chi connectivity index (χ4n) is 2.06. The van der Waals surface area contributed by atoms with Crippen molar-refractivity contribution in [2.24, 2.45) is 5.92 Å². The maximum Gasteiger partial charge on any atom is 0.306 e. The Morgan fingerprint density at radius 1 is 1.39 bits per heavy atom. The summed E-state index contributed by atoms with van der Waals surface area (Å²) < 4.78 is 6.31. The molecule has 1 aromatic carbocycles. The van der Waals surface area contributed by atoms with E-state index >= 15 is 0 Å². The van der Waals surface area contributed by atoms with Crippen molar-refractivity contribution < 1.29 is 14.6 Å². The molecule has 3 nitrogen and oxygen atoms in total. The van der Waals surface area contributed by atoms with Crippen LogP contribution >= 0.6 is 15.9 Å². The number of carboxylic acid groups (broad SMARTS) is 1. The minimum atomic E-state index is -0.774. The zero-order valence-corrected chi connectivity index (χ0v) is 12.7. The van der Waals surface area contributed by atoms with Crippen LogP contribution in [-0.2, 0) is 11.2 Å². The topological polar surface area (TPSA) is 46.5 Å². The van der Waals surface area contributed by atoms with Crippen molar-refractivity contribution in [3.63, 3.8) is 0 Å². The molecule has 0 amide bonds. The molecule has 1 atom stereocenters. The predicted octanol–water partition coefficient (Wildman–Crippen LogP) is 3.84. The Kier molecular flexibility index (Phi) is 5.20. The number of hydrogen-bond donors (Lipinski definition) is 1. The third-order valence-corrected chi connectivity index (χ3v) is 3.40. The summed E-state index contributed by atoms with van der Waals surface area (Å²) >= 11 is 3.44. The van der Waals surface area contributed by atoms with E-state index in [-0.39, 0.29) is 0 Å². The van der Waals surface area contributed by atoms with Gasteiger partial charge in [0, 0.05) is 4.47 Å². The predicted molar refractivity (Wildman–Crippen MR) is 75.3 cm³/mol. The fraction of sp³-hybridized carbons (Fsp3) is 0.500. The SMILES string of the molecule is COc1cc(Br)cc(CC(C)C(=O)O)c1C(C)C. The normalized spacial score (nSPS) is 12.6. The second-order valence-corrected chi connectivity index (χ2v) is 5.69. The average molecular weight is 315 g/mol. The van der Waals surface area contributed by atoms with Crippen LogP contribution < -0.4 is 4.74 Å². The van der Waals surface area contributed by atoms with Crippen molar-refractivity contribution in [1.29, 1.82) is 0 Å². The van der Waals surface area contributed by atoms with Gasteiger partial charge < -0.3 is 9.84 Å². The van der Waals surface area contributed by atoms with Crippen molar-refractivity contribution in [3.05, 3.63) is 27.7 Å². The summed E-state index contributed by atoms with van der Waals surface area (Å²) in [7, 11) is 1.64. The molecule has 0 aromatic heterocycles. The lowest BCUT2D eigenvalue weighted by Crippen LogP contribution is -2.14. The highest BCUT2D eigenvalue weighted by molar-refractivity contribution is 9.10. The second kappa shape index (κ2) is 6.23. The number of carboxylic acids is 1. The van der Waals surface area contributed by atoms with Crippen LogP contribution in [0.3, 0.4) is 0 Å². The lowest BCUT2D eigenvalue weighted by Gasteiger charge is -2.19. The van der Waals surface area contributed by atoms with Crippen molar-refractivity contribution in [1.82, 2.24) is 0 Å². The average Bonchev–Trinajstić information content (AvgIpc) is 2.27. The van der Waals surface area contributed by atoms with E-state index < -0.39 is 11.9 Å². The molecule has 1 rings (SSSR count). The molecular weight excluding hydrogens is 296 g/mol. The van der Waals surface area contributed by atoms with Crippen LogP contribution in [0.4, 0.5) is 0 Å². The monoisotopic (exact) mass is 314 g/mol. The van der Waals surface area contributed by atoms with E-state index in [4.69, 9.17) is 9.84 Å². The molecule has 1 unspecified atom stereocenters. The van der Waals surface area contributed by atoms with Crippen LogP contribution in [0.25, 0.3) is 0 Å². The molecular formula is C14H19BrO3. The third kappa shape index (κ3) is 3.48. The number of aliphatic carboxylic acids is 1. The highest BCUT2D eigenvalue weighted by Gasteiger charge is 2.19. The number of methoxy groups -OCH3 is 1. The van der Waals surface area contributed by atoms with Crippen LogP contribution in [0.15, 0.2) is 16.6 Å². The summed E-state index contributed by atoms with van der Waals surface area (Å²) in [6.45, 7) is 5.89. The van der Waals surface area contributed by atoms with E-state index in [0.29, 0.717) is 12.3 Å². The molecule has 0 aliphatic rings. The van der Waals surface area contributed by atoms with E-state index in [1.807, 2.05) is 12.1 Å². The zero-order valence-electron chi connectivity index (χ0n) is 11.2. The zero-order chi connectivity index (χ0) is 13.9. The van der Waals surface area contributed by atoms with Crippen molar-refractivity contribution >= 4 is 21.9 Å². The van der Waals surface area contributed by atoms with Gasteiger partial charge in [-0.3, -0.25) is 4.79 Å². The van der Waals surface area contributed by atoms with Gasteiger partial charge in [-0.25, -0.2) is 0 Å². The van der Waals surface area contributed by atoms with E-state index in [9.17, 15) is 4.79 Å². The molecule has 0 aliphatic carbocycles. The smallest absolute Gasteiger partial charge is 0.306 e. The highest BCUT2D eigenvalue weighted by atomic mass is 79.9. The van der Waals surface area contributed by atoms with E-state index in [1.165, 1.54) is 0 Å². The van der Waals surface area contributed by atoms with E-state index in [2.05, 4.69) is 29.8 Å². The first kappa shape index (κ1) is 15.0. The number of halogens is 1. The van der Waals surface area contributed by atoms with Crippen molar-refractivity contribution in [3.8, 4) is 5.75 Å². The van der Waals surface area contributed by atoms with Gasteiger partial charge in [0.1, 0.15) is 5.75 Å². The van der Waals surface area contributed by atoms with Crippen molar-refractivity contribution in [2.45, 2.75) is 33.1 Å². The van der Waals surface area contributed by atoms with Gasteiger partial charge in [-0.2, -0.15) is 0 Å². The third-order valence-electron chi connectivity index (χ3n) is 2.94. The first-order valence-electron chi connectivity index (χ1n) is 5.95. The van der Waals surface area contributed by atoms with Gasteiger partial charge in [0.25, 0.3) is 0 Å². The Labute approximate surface area is 116 Å². The maximum atomic E-state index is 11.0. The Hall–Kier alpha value is -1.03. The first-order valence-corrected chi connectivity index (χ1v) is 6.75. The number of ether oxygens (including phenoxy) is 1. The quantitative estimate of drug-likeness (QED) is 0.898. The Morgan fingerprint density at radius 2 is 2.00 bits per heavy atom. The molecule has 0 spiro atoms. The molecule has 1 N–H and O–H groups in total. The number of benzene rings is 1. The number of rotatable bonds is 5. The molecule has 0 saturated carbocycles. The maximum absolute atomic E-state index is 11.0. The van der Waals surface area contributed by atoms with Crippen LogP contribution in [0.1, 0.15) is 37.8 Å². The molecule has 1 aromatic rings. The summed E-state index contributed by atoms with van der Waals surface area (Å²) in [5.74, 6) is -0.0684. The van der Waals surface area contributed by atoms with Gasteiger partial charge in [0.15, 0.2) is 0 Å². The van der Waals surface area contributed by atoms with Crippen LogP contribution in [-0.4, -0.2) is 18.2 Å². The van der Waals surface area contributed by atoms with Crippen LogP contribution in [0.2, 0.25) is 0 Å². The molecule has 4 heteroatoms. The fourth-order valence-corrected chi connectivity index (χ4v) is 2.54. The minimum Gasteiger partial charge on any atom is -0.496 e. The number of carbonyl (C=O) groups is 1. The van der Waals surface area contributed by atoms with Gasteiger partial charge in [0.2, 0.25) is 0 Å². The summed E-state index contributed by atoms with van der Waals surface area (Å²) in [4.78, 5) is 11.0. The molecule has 100 valence electrons. The standard InChI is InChI=1S/C14H19BrO3/c1-8(2)13-10(5-9(3)14(16)17)6-11(15)7-12(13)18-4/h6-9H,5H2,1-4H3,(H,16,17). The Balaban J connectivity index is 3.23. The first-order chi connectivity index (χ1) is 8.36. The molecule has 0 saturated heterocycles. The lowest BCUT2D eigenvalue weighted by atomic mass is 9.90. The van der Waals surface area contributed by atoms with Gasteiger partial charge >= 0.3 is 5.97 Å². The summed E-state index contributed by atoms with van der Waals surface area (Å²) in [6, 6.07) is 3.90. The van der Waals surface area contributed by atoms with Gasteiger partial charge in [-0.05, 0) is 35.6 Å². The Morgan fingerprint density at radius 3 is 2.44 bits per heavy atom. The molecule has 18 heavy (non-hydrogen) atoms. The van der Waals surface area contributed by atoms with Gasteiger partial charge in [-0.1, -0.05) is 36.7 Å². The largest absolute Gasteiger partial charge is 0.496 e. The van der Waals surface area contributed by atoms with Crippen LogP contribution in [0.5, 0.6) is 5.75 Å². The van der Waals surface area contributed by atoms with Crippen molar-refractivity contribution in [2.75, 3.05) is 7.11 Å². The lowest BCUT2D eigenvalue weighted by molar-refractivity contribution is -0.141. The molecule has 0 aliphatic heterocycles. The highest BCUT2D eigenvalue weighted by Crippen LogP contribution is 2.34. The molecule has 0 fully saturated rings.